The minimum absolute atomic E-state index is 0.706. The Morgan fingerprint density at radius 2 is 1.85 bits per heavy atom. The Bertz CT molecular complexity index is 687. The van der Waals surface area contributed by atoms with Crippen LogP contribution in [0.1, 0.15) is 43.0 Å². The minimum Gasteiger partial charge on any atom is -0.493 e. The molecule has 5 nitrogen and oxygen atoms in total. The van der Waals surface area contributed by atoms with Gasteiger partial charge in [0, 0.05) is 23.8 Å². The molecule has 0 bridgehead atoms. The summed E-state index contributed by atoms with van der Waals surface area (Å²) in [5, 5.41) is 9.22. The number of ether oxygens (including phenoxy) is 2. The van der Waals surface area contributed by atoms with E-state index in [1.165, 1.54) is 25.0 Å². The first-order valence-electron chi connectivity index (χ1n) is 9.09. The van der Waals surface area contributed by atoms with E-state index < -0.39 is 0 Å². The Hall–Kier alpha value is -1.34. The molecule has 1 aromatic heterocycles. The molecule has 2 aromatic rings. The van der Waals surface area contributed by atoms with Gasteiger partial charge in [-0.25, -0.2) is 0 Å². The molecule has 7 heteroatoms. The van der Waals surface area contributed by atoms with Crippen LogP contribution in [-0.4, -0.2) is 35.4 Å². The number of nitrogens with zero attached hydrogens (tertiary/aromatic N) is 2. The first-order valence-corrected chi connectivity index (χ1v) is 11.5. The Morgan fingerprint density at radius 3 is 2.58 bits per heavy atom. The van der Waals surface area contributed by atoms with Crippen molar-refractivity contribution >= 4 is 21.6 Å². The fraction of sp³-hybridized carbons (Fsp3) is 0.579. The lowest BCUT2D eigenvalue weighted by Crippen LogP contribution is -1.97. The molecule has 1 unspecified atom stereocenters. The molecule has 0 saturated carbocycles. The van der Waals surface area contributed by atoms with Crippen LogP contribution in [0.15, 0.2) is 22.6 Å². The van der Waals surface area contributed by atoms with Crippen molar-refractivity contribution in [1.29, 1.82) is 0 Å². The summed E-state index contributed by atoms with van der Waals surface area (Å²) in [4.78, 5) is 0. The van der Waals surface area contributed by atoms with Crippen LogP contribution in [0, 0.1) is 0 Å². The van der Waals surface area contributed by atoms with Gasteiger partial charge >= 0.3 is 0 Å². The molecular formula is C19H26N2O3S2. The topological polar surface area (TPSA) is 57.4 Å². The normalized spacial score (nSPS) is 16.8. The monoisotopic (exact) mass is 394 g/mol. The minimum atomic E-state index is 0.706. The van der Waals surface area contributed by atoms with E-state index >= 15 is 0 Å². The molecule has 0 amide bonds. The van der Waals surface area contributed by atoms with E-state index in [0.717, 1.165) is 53.9 Å². The summed E-state index contributed by atoms with van der Waals surface area (Å²) in [5.41, 5.74) is 1.16. The highest BCUT2D eigenvalue weighted by molar-refractivity contribution is 8.77. The van der Waals surface area contributed by atoms with E-state index in [1.54, 1.807) is 14.2 Å². The Kier molecular flexibility index (Phi) is 7.55. The van der Waals surface area contributed by atoms with Crippen LogP contribution in [0.25, 0.3) is 0 Å². The number of aryl methyl sites for hydroxylation is 3. The van der Waals surface area contributed by atoms with Crippen molar-refractivity contribution in [3.8, 4) is 11.5 Å². The van der Waals surface area contributed by atoms with Crippen molar-refractivity contribution in [2.24, 2.45) is 0 Å². The van der Waals surface area contributed by atoms with Gasteiger partial charge in [0.15, 0.2) is 11.5 Å². The quantitative estimate of drug-likeness (QED) is 0.426. The molecule has 2 heterocycles. The number of methoxy groups -OCH3 is 2. The van der Waals surface area contributed by atoms with Gasteiger partial charge in [0.25, 0.3) is 0 Å². The fourth-order valence-electron chi connectivity index (χ4n) is 2.99. The first kappa shape index (κ1) is 19.4. The molecule has 0 N–H and O–H groups in total. The number of hydrogen-bond acceptors (Lipinski definition) is 7. The number of benzene rings is 1. The van der Waals surface area contributed by atoms with Crippen molar-refractivity contribution in [2.45, 2.75) is 50.2 Å². The summed E-state index contributed by atoms with van der Waals surface area (Å²) in [5.74, 6) is 4.27. The zero-order chi connectivity index (χ0) is 18.2. The smallest absolute Gasteiger partial charge is 0.216 e. The van der Waals surface area contributed by atoms with Crippen LogP contribution >= 0.6 is 21.6 Å². The molecule has 1 aromatic carbocycles. The van der Waals surface area contributed by atoms with Crippen molar-refractivity contribution in [1.82, 2.24) is 10.2 Å². The number of rotatable bonds is 10. The highest BCUT2D eigenvalue weighted by Crippen LogP contribution is 2.39. The van der Waals surface area contributed by atoms with Crippen molar-refractivity contribution in [3.63, 3.8) is 0 Å². The summed E-state index contributed by atoms with van der Waals surface area (Å²) in [6.07, 6.45) is 7.47. The second-order valence-electron chi connectivity index (χ2n) is 6.35. The van der Waals surface area contributed by atoms with Crippen LogP contribution in [0.5, 0.6) is 11.5 Å². The number of aromatic nitrogens is 2. The van der Waals surface area contributed by atoms with E-state index in [2.05, 4.69) is 21.0 Å². The predicted octanol–water partition coefficient (Wildman–Crippen LogP) is 4.74. The third kappa shape index (κ3) is 5.58. The van der Waals surface area contributed by atoms with E-state index in [9.17, 15) is 0 Å². The summed E-state index contributed by atoms with van der Waals surface area (Å²) in [7, 11) is 7.35. The van der Waals surface area contributed by atoms with E-state index in [1.807, 2.05) is 29.0 Å². The Balaban J connectivity index is 1.41. The molecule has 1 aliphatic rings. The van der Waals surface area contributed by atoms with Crippen LogP contribution in [0.2, 0.25) is 0 Å². The van der Waals surface area contributed by atoms with Crippen molar-refractivity contribution < 1.29 is 13.9 Å². The molecule has 0 radical (unpaired) electrons. The van der Waals surface area contributed by atoms with E-state index in [-0.39, 0.29) is 0 Å². The SMILES string of the molecule is COc1ccc(CCc2nnc(CCCCC3CCSS3)o2)cc1OC. The first-order chi connectivity index (χ1) is 12.8. The van der Waals surface area contributed by atoms with Gasteiger partial charge in [-0.05, 0) is 43.4 Å². The van der Waals surface area contributed by atoms with Crippen molar-refractivity contribution in [3.05, 3.63) is 35.5 Å². The molecule has 1 saturated heterocycles. The standard InChI is InChI=1S/C19H26N2O3S2/c1-22-16-9-7-14(13-17(16)23-2)8-10-19-21-20-18(24-19)6-4-3-5-15-11-12-25-26-15/h7,9,13,15H,3-6,8,10-12H2,1-2H3. The second kappa shape index (κ2) is 10.1. The number of unbranched alkanes of at least 4 members (excludes halogenated alkanes) is 1. The largest absolute Gasteiger partial charge is 0.493 e. The predicted molar refractivity (Wildman–Crippen MR) is 107 cm³/mol. The van der Waals surface area contributed by atoms with Gasteiger partial charge in [-0.1, -0.05) is 34.1 Å². The molecule has 142 valence electrons. The molecule has 1 atom stereocenters. The molecule has 1 fully saturated rings. The Morgan fingerprint density at radius 1 is 1.04 bits per heavy atom. The zero-order valence-electron chi connectivity index (χ0n) is 15.4. The summed E-state index contributed by atoms with van der Waals surface area (Å²) in [6, 6.07) is 5.96. The molecule has 0 aliphatic carbocycles. The third-order valence-corrected chi connectivity index (χ3v) is 7.48. The Labute approximate surface area is 163 Å². The summed E-state index contributed by atoms with van der Waals surface area (Å²) < 4.78 is 16.4. The number of hydrogen-bond donors (Lipinski definition) is 0. The van der Waals surface area contributed by atoms with Gasteiger partial charge in [-0.15, -0.1) is 10.2 Å². The van der Waals surface area contributed by atoms with Crippen LogP contribution < -0.4 is 9.47 Å². The maximum atomic E-state index is 5.79. The molecular weight excluding hydrogens is 368 g/mol. The average Bonchev–Trinajstić information content (AvgIpc) is 3.35. The van der Waals surface area contributed by atoms with Gasteiger partial charge in [0.1, 0.15) is 0 Å². The molecule has 26 heavy (non-hydrogen) atoms. The van der Waals surface area contributed by atoms with Gasteiger partial charge in [-0.3, -0.25) is 0 Å². The lowest BCUT2D eigenvalue weighted by molar-refractivity contribution is 0.354. The fourth-order valence-corrected chi connectivity index (χ4v) is 6.02. The van der Waals surface area contributed by atoms with Gasteiger partial charge in [0.05, 0.1) is 14.2 Å². The zero-order valence-corrected chi connectivity index (χ0v) is 17.0. The van der Waals surface area contributed by atoms with Crippen LogP contribution in [-0.2, 0) is 19.3 Å². The summed E-state index contributed by atoms with van der Waals surface area (Å²) in [6.45, 7) is 0. The average molecular weight is 395 g/mol. The lowest BCUT2D eigenvalue weighted by atomic mass is 10.1. The van der Waals surface area contributed by atoms with Gasteiger partial charge in [0.2, 0.25) is 11.8 Å². The third-order valence-electron chi connectivity index (χ3n) is 4.48. The second-order valence-corrected chi connectivity index (χ2v) is 9.14. The van der Waals surface area contributed by atoms with Crippen LogP contribution in [0.4, 0.5) is 0 Å². The maximum absolute atomic E-state index is 5.79. The summed E-state index contributed by atoms with van der Waals surface area (Å²) >= 11 is 0. The van der Waals surface area contributed by atoms with E-state index in [0.29, 0.717) is 5.89 Å². The van der Waals surface area contributed by atoms with Gasteiger partial charge in [-0.2, -0.15) is 0 Å². The molecule has 3 rings (SSSR count). The highest BCUT2D eigenvalue weighted by Gasteiger charge is 2.16. The van der Waals surface area contributed by atoms with Crippen molar-refractivity contribution in [2.75, 3.05) is 20.0 Å². The van der Waals surface area contributed by atoms with Gasteiger partial charge < -0.3 is 13.9 Å². The maximum Gasteiger partial charge on any atom is 0.216 e. The van der Waals surface area contributed by atoms with E-state index in [4.69, 9.17) is 13.9 Å². The highest BCUT2D eigenvalue weighted by atomic mass is 33.1. The van der Waals surface area contributed by atoms with Crippen LogP contribution in [0.3, 0.4) is 0 Å². The lowest BCUT2D eigenvalue weighted by Gasteiger charge is -2.08. The molecule has 1 aliphatic heterocycles. The molecule has 0 spiro atoms.